The first-order valence-corrected chi connectivity index (χ1v) is 9.36. The number of thiazole rings is 1. The lowest BCUT2D eigenvalue weighted by Gasteiger charge is -2.13. The molecule has 0 saturated heterocycles. The summed E-state index contributed by atoms with van der Waals surface area (Å²) >= 11 is 5.04. The van der Waals surface area contributed by atoms with Crippen molar-refractivity contribution in [1.82, 2.24) is 10.3 Å². The van der Waals surface area contributed by atoms with E-state index in [2.05, 4.69) is 40.1 Å². The highest BCUT2D eigenvalue weighted by molar-refractivity contribution is 9.10. The van der Waals surface area contributed by atoms with Gasteiger partial charge >= 0.3 is 0 Å². The third-order valence-corrected chi connectivity index (χ3v) is 5.06. The van der Waals surface area contributed by atoms with Crippen LogP contribution >= 0.6 is 27.3 Å². The Kier molecular flexibility index (Phi) is 6.62. The zero-order valence-corrected chi connectivity index (χ0v) is 16.6. The molecular formula is C17H21BrN2O3S. The number of rotatable bonds is 7. The third kappa shape index (κ3) is 4.48. The quantitative estimate of drug-likeness (QED) is 0.733. The Labute approximate surface area is 154 Å². The lowest BCUT2D eigenvalue weighted by molar-refractivity contribution is 0.0950. The van der Waals surface area contributed by atoms with Crippen molar-refractivity contribution in [3.63, 3.8) is 0 Å². The van der Waals surface area contributed by atoms with E-state index in [4.69, 9.17) is 9.47 Å². The number of halogens is 1. The van der Waals surface area contributed by atoms with Gasteiger partial charge in [0.25, 0.3) is 5.91 Å². The van der Waals surface area contributed by atoms with Gasteiger partial charge in [-0.05, 0) is 35.0 Å². The molecule has 1 heterocycles. The molecule has 1 amide bonds. The van der Waals surface area contributed by atoms with Gasteiger partial charge in [-0.2, -0.15) is 0 Å². The lowest BCUT2D eigenvalue weighted by Crippen LogP contribution is -2.23. The highest BCUT2D eigenvalue weighted by Gasteiger charge is 2.15. The van der Waals surface area contributed by atoms with Crippen LogP contribution in [0.1, 0.15) is 47.7 Å². The van der Waals surface area contributed by atoms with Crippen LogP contribution in [0.15, 0.2) is 22.0 Å². The molecule has 1 N–H and O–H groups in total. The summed E-state index contributed by atoms with van der Waals surface area (Å²) in [5.41, 5.74) is 1.37. The average molecular weight is 413 g/mol. The van der Waals surface area contributed by atoms with E-state index < -0.39 is 0 Å². The number of carbonyl (C=O) groups is 1. The molecule has 0 spiro atoms. The first-order valence-electron chi connectivity index (χ1n) is 7.69. The van der Waals surface area contributed by atoms with Crippen molar-refractivity contribution in [2.24, 2.45) is 0 Å². The van der Waals surface area contributed by atoms with Gasteiger partial charge in [0.2, 0.25) is 0 Å². The standard InChI is InChI=1S/C17H21BrN2O3S/c1-5-23-15-13(18)6-11(7-14(15)22-4)16(21)19-8-12-9-24-17(20-12)10(2)3/h6-7,9-10H,5,8H2,1-4H3,(H,19,21). The Morgan fingerprint density at radius 1 is 1.42 bits per heavy atom. The van der Waals surface area contributed by atoms with Crippen molar-refractivity contribution < 1.29 is 14.3 Å². The number of amides is 1. The molecule has 24 heavy (non-hydrogen) atoms. The third-order valence-electron chi connectivity index (χ3n) is 3.27. The highest BCUT2D eigenvalue weighted by atomic mass is 79.9. The molecule has 2 rings (SSSR count). The normalized spacial score (nSPS) is 10.8. The summed E-state index contributed by atoms with van der Waals surface area (Å²) in [5.74, 6) is 1.33. The first kappa shape index (κ1) is 18.7. The van der Waals surface area contributed by atoms with Crippen molar-refractivity contribution in [2.45, 2.75) is 33.2 Å². The summed E-state index contributed by atoms with van der Waals surface area (Å²) in [7, 11) is 1.55. The van der Waals surface area contributed by atoms with Crippen molar-refractivity contribution in [3.05, 3.63) is 38.3 Å². The average Bonchev–Trinajstić information content (AvgIpc) is 3.03. The number of ether oxygens (including phenoxy) is 2. The summed E-state index contributed by atoms with van der Waals surface area (Å²) in [6, 6.07) is 3.40. The Morgan fingerprint density at radius 2 is 2.17 bits per heavy atom. The van der Waals surface area contributed by atoms with Crippen LogP contribution in [0, 0.1) is 0 Å². The molecule has 2 aromatic rings. The van der Waals surface area contributed by atoms with Gasteiger partial charge in [0.05, 0.1) is 35.4 Å². The monoisotopic (exact) mass is 412 g/mol. The molecular weight excluding hydrogens is 392 g/mol. The number of hydrogen-bond donors (Lipinski definition) is 1. The van der Waals surface area contributed by atoms with E-state index in [1.54, 1.807) is 30.6 Å². The second kappa shape index (κ2) is 8.48. The number of methoxy groups -OCH3 is 1. The van der Waals surface area contributed by atoms with E-state index in [9.17, 15) is 4.79 Å². The molecule has 0 atom stereocenters. The smallest absolute Gasteiger partial charge is 0.251 e. The highest BCUT2D eigenvalue weighted by Crippen LogP contribution is 2.36. The number of nitrogens with zero attached hydrogens (tertiary/aromatic N) is 1. The maximum absolute atomic E-state index is 12.4. The van der Waals surface area contributed by atoms with Crippen LogP contribution in [-0.2, 0) is 6.54 Å². The lowest BCUT2D eigenvalue weighted by atomic mass is 10.2. The summed E-state index contributed by atoms with van der Waals surface area (Å²) in [5, 5.41) is 5.94. The molecule has 7 heteroatoms. The number of nitrogens with one attached hydrogen (secondary N) is 1. The van der Waals surface area contributed by atoms with Crippen molar-refractivity contribution in [2.75, 3.05) is 13.7 Å². The molecule has 1 aromatic carbocycles. The Bertz CT molecular complexity index is 716. The molecule has 0 aliphatic carbocycles. The summed E-state index contributed by atoms with van der Waals surface area (Å²) < 4.78 is 11.5. The van der Waals surface area contributed by atoms with Crippen LogP contribution < -0.4 is 14.8 Å². The number of benzene rings is 1. The minimum Gasteiger partial charge on any atom is -0.493 e. The first-order chi connectivity index (χ1) is 11.5. The Morgan fingerprint density at radius 3 is 2.75 bits per heavy atom. The molecule has 0 aliphatic heterocycles. The van der Waals surface area contributed by atoms with E-state index in [1.807, 2.05) is 12.3 Å². The number of carbonyl (C=O) groups excluding carboxylic acids is 1. The van der Waals surface area contributed by atoms with Gasteiger partial charge in [-0.25, -0.2) is 4.98 Å². The van der Waals surface area contributed by atoms with Gasteiger partial charge < -0.3 is 14.8 Å². The van der Waals surface area contributed by atoms with Crippen LogP contribution in [0.2, 0.25) is 0 Å². The molecule has 0 saturated carbocycles. The topological polar surface area (TPSA) is 60.5 Å². The second-order valence-electron chi connectivity index (χ2n) is 5.44. The van der Waals surface area contributed by atoms with Crippen molar-refractivity contribution >= 4 is 33.2 Å². The summed E-state index contributed by atoms with van der Waals surface area (Å²) in [4.78, 5) is 16.9. The molecule has 0 fully saturated rings. The molecule has 0 radical (unpaired) electrons. The molecule has 1 aromatic heterocycles. The largest absolute Gasteiger partial charge is 0.493 e. The maximum atomic E-state index is 12.4. The van der Waals surface area contributed by atoms with Gasteiger partial charge in [0.15, 0.2) is 11.5 Å². The molecule has 130 valence electrons. The Balaban J connectivity index is 2.10. The van der Waals surface area contributed by atoms with Crippen molar-refractivity contribution in [3.8, 4) is 11.5 Å². The zero-order valence-electron chi connectivity index (χ0n) is 14.2. The predicted molar refractivity (Wildman–Crippen MR) is 99.2 cm³/mol. The van der Waals surface area contributed by atoms with Crippen LogP contribution in [0.5, 0.6) is 11.5 Å². The number of aromatic nitrogens is 1. The van der Waals surface area contributed by atoms with Crippen LogP contribution in [0.3, 0.4) is 0 Å². The SMILES string of the molecule is CCOc1c(Br)cc(C(=O)NCc2csc(C(C)C)n2)cc1OC. The fourth-order valence-corrected chi connectivity index (χ4v) is 3.47. The van der Waals surface area contributed by atoms with E-state index in [0.717, 1.165) is 10.7 Å². The van der Waals surface area contributed by atoms with Crippen LogP contribution in [-0.4, -0.2) is 24.6 Å². The van der Waals surface area contributed by atoms with E-state index >= 15 is 0 Å². The van der Waals surface area contributed by atoms with Crippen LogP contribution in [0.25, 0.3) is 0 Å². The predicted octanol–water partition coefficient (Wildman–Crippen LogP) is 4.37. The zero-order chi connectivity index (χ0) is 17.7. The molecule has 5 nitrogen and oxygen atoms in total. The molecule has 0 unspecified atom stereocenters. The van der Waals surface area contributed by atoms with Gasteiger partial charge in [-0.3, -0.25) is 4.79 Å². The minimum atomic E-state index is -0.184. The van der Waals surface area contributed by atoms with E-state index in [1.165, 1.54) is 0 Å². The fourth-order valence-electron chi connectivity index (χ4n) is 2.08. The van der Waals surface area contributed by atoms with Crippen LogP contribution in [0.4, 0.5) is 0 Å². The fraction of sp³-hybridized carbons (Fsp3) is 0.412. The summed E-state index contributed by atoms with van der Waals surface area (Å²) in [6.45, 7) is 7.01. The van der Waals surface area contributed by atoms with E-state index in [0.29, 0.717) is 40.6 Å². The maximum Gasteiger partial charge on any atom is 0.251 e. The van der Waals surface area contributed by atoms with Gasteiger partial charge in [0, 0.05) is 16.9 Å². The van der Waals surface area contributed by atoms with Crippen molar-refractivity contribution in [1.29, 1.82) is 0 Å². The number of hydrogen-bond acceptors (Lipinski definition) is 5. The molecule has 0 bridgehead atoms. The second-order valence-corrected chi connectivity index (χ2v) is 7.18. The Hall–Kier alpha value is -1.60. The van der Waals surface area contributed by atoms with Gasteiger partial charge in [-0.15, -0.1) is 11.3 Å². The summed E-state index contributed by atoms with van der Waals surface area (Å²) in [6.07, 6.45) is 0. The minimum absolute atomic E-state index is 0.184. The van der Waals surface area contributed by atoms with Gasteiger partial charge in [-0.1, -0.05) is 13.8 Å². The van der Waals surface area contributed by atoms with E-state index in [-0.39, 0.29) is 5.91 Å². The van der Waals surface area contributed by atoms with Gasteiger partial charge in [0.1, 0.15) is 0 Å². The molecule has 0 aliphatic rings.